The van der Waals surface area contributed by atoms with E-state index in [1.165, 1.54) is 0 Å². The molecule has 0 aliphatic carbocycles. The fraction of sp³-hybridized carbons (Fsp3) is 0.800. The summed E-state index contributed by atoms with van der Waals surface area (Å²) in [5.74, 6) is 3.62. The van der Waals surface area contributed by atoms with Crippen molar-refractivity contribution in [3.8, 4) is 0 Å². The van der Waals surface area contributed by atoms with E-state index in [0.717, 1.165) is 0 Å². The quantitative estimate of drug-likeness (QED) is 0.342. The summed E-state index contributed by atoms with van der Waals surface area (Å²) in [6, 6.07) is -0.815. The molecule has 0 aromatic rings. The first kappa shape index (κ1) is 8.87. The molecule has 0 rings (SSSR count). The first-order valence-electron chi connectivity index (χ1n) is 2.92. The molecule has 58 valence electrons. The van der Waals surface area contributed by atoms with Gasteiger partial charge in [-0.3, -0.25) is 0 Å². The van der Waals surface area contributed by atoms with E-state index < -0.39 is 12.0 Å². The molecule has 0 amide bonds. The van der Waals surface area contributed by atoms with Gasteiger partial charge in [0.1, 0.15) is 0 Å². The lowest BCUT2D eigenvalue weighted by atomic mass is 10.1. The molecule has 0 aromatic carbocycles. The summed E-state index contributed by atoms with van der Waals surface area (Å²) in [7, 11) is 0. The molecule has 0 aliphatic heterocycles. The van der Waals surface area contributed by atoms with Crippen molar-refractivity contribution in [1.82, 2.24) is 0 Å². The van der Waals surface area contributed by atoms with Crippen LogP contribution in [0.2, 0.25) is 0 Å². The van der Waals surface area contributed by atoms with E-state index in [4.69, 9.17) is 10.9 Å². The maximum atomic E-state index is 10.3. The van der Waals surface area contributed by atoms with E-state index in [9.17, 15) is 4.79 Å². The van der Waals surface area contributed by atoms with Gasteiger partial charge in [-0.25, -0.2) is 4.79 Å². The molecule has 0 aromatic heterocycles. The molecule has 0 saturated carbocycles. The second-order valence-corrected chi connectivity index (χ2v) is 2.26. The van der Waals surface area contributed by atoms with Crippen LogP contribution in [0.3, 0.4) is 0 Å². The molecule has 5 nitrogen and oxygen atoms in total. The van der Waals surface area contributed by atoms with Crippen molar-refractivity contribution in [3.05, 3.63) is 0 Å². The van der Waals surface area contributed by atoms with Crippen molar-refractivity contribution in [2.45, 2.75) is 19.9 Å². The fourth-order valence-corrected chi connectivity index (χ4v) is 0.540. The number of carbonyl (C=O) groups is 1. The summed E-state index contributed by atoms with van der Waals surface area (Å²) >= 11 is 0. The minimum absolute atomic E-state index is 0.0789. The highest BCUT2D eigenvalue weighted by Crippen LogP contribution is 2.05. The van der Waals surface area contributed by atoms with E-state index in [-0.39, 0.29) is 5.92 Å². The van der Waals surface area contributed by atoms with Crippen LogP contribution in [-0.4, -0.2) is 17.1 Å². The molecule has 0 aliphatic rings. The van der Waals surface area contributed by atoms with Crippen molar-refractivity contribution >= 4 is 5.97 Å². The minimum atomic E-state index is -0.996. The van der Waals surface area contributed by atoms with Crippen LogP contribution in [0.4, 0.5) is 0 Å². The zero-order valence-electron chi connectivity index (χ0n) is 5.98. The van der Waals surface area contributed by atoms with Gasteiger partial charge in [-0.1, -0.05) is 19.1 Å². The molecule has 0 saturated heterocycles. The van der Waals surface area contributed by atoms with Gasteiger partial charge in [-0.2, -0.15) is 5.11 Å². The van der Waals surface area contributed by atoms with Crippen LogP contribution in [0.5, 0.6) is 0 Å². The lowest BCUT2D eigenvalue weighted by Crippen LogP contribution is -2.23. The van der Waals surface area contributed by atoms with Gasteiger partial charge in [0.05, 0.1) is 0 Å². The predicted molar refractivity (Wildman–Crippen MR) is 35.3 cm³/mol. The third kappa shape index (κ3) is 2.43. The third-order valence-electron chi connectivity index (χ3n) is 1.08. The van der Waals surface area contributed by atoms with E-state index in [1.807, 2.05) is 0 Å². The van der Waals surface area contributed by atoms with Crippen LogP contribution in [0.15, 0.2) is 10.3 Å². The summed E-state index contributed by atoms with van der Waals surface area (Å²) in [5, 5.41) is 14.7. The summed E-state index contributed by atoms with van der Waals surface area (Å²) < 4.78 is 0. The van der Waals surface area contributed by atoms with Gasteiger partial charge in [-0.15, -0.1) is 0 Å². The van der Waals surface area contributed by atoms with Crippen LogP contribution < -0.4 is 5.84 Å². The Kier molecular flexibility index (Phi) is 3.38. The first-order chi connectivity index (χ1) is 4.59. The molecule has 0 fully saturated rings. The number of hydrogen-bond acceptors (Lipinski definition) is 3. The van der Waals surface area contributed by atoms with Crippen molar-refractivity contribution < 1.29 is 9.90 Å². The highest BCUT2D eigenvalue weighted by Gasteiger charge is 2.20. The highest BCUT2D eigenvalue weighted by atomic mass is 16.4. The Morgan fingerprint density at radius 1 is 1.60 bits per heavy atom. The predicted octanol–water partition coefficient (Wildman–Crippen LogP) is 0.422. The van der Waals surface area contributed by atoms with Gasteiger partial charge in [0, 0.05) is 0 Å². The van der Waals surface area contributed by atoms with Crippen LogP contribution in [0.1, 0.15) is 13.8 Å². The summed E-state index contributed by atoms with van der Waals surface area (Å²) in [6.45, 7) is 3.49. The van der Waals surface area contributed by atoms with Gasteiger partial charge < -0.3 is 10.9 Å². The van der Waals surface area contributed by atoms with E-state index in [1.54, 1.807) is 13.8 Å². The lowest BCUT2D eigenvalue weighted by Gasteiger charge is -2.07. The van der Waals surface area contributed by atoms with Gasteiger partial charge in [0.15, 0.2) is 6.04 Å². The van der Waals surface area contributed by atoms with Crippen LogP contribution >= 0.6 is 0 Å². The molecule has 0 unspecified atom stereocenters. The average Bonchev–Trinajstić information content (AvgIpc) is 1.81. The van der Waals surface area contributed by atoms with E-state index >= 15 is 0 Å². The monoisotopic (exact) mass is 145 g/mol. The first-order valence-corrected chi connectivity index (χ1v) is 2.92. The van der Waals surface area contributed by atoms with Crippen molar-refractivity contribution in [2.24, 2.45) is 22.1 Å². The maximum absolute atomic E-state index is 10.3. The Balaban J connectivity index is 4.12. The number of nitrogens with zero attached hydrogens (tertiary/aromatic N) is 2. The van der Waals surface area contributed by atoms with Gasteiger partial charge in [0.25, 0.3) is 0 Å². The van der Waals surface area contributed by atoms with Crippen molar-refractivity contribution in [1.29, 1.82) is 0 Å². The van der Waals surface area contributed by atoms with Crippen LogP contribution in [0, 0.1) is 5.92 Å². The second-order valence-electron chi connectivity index (χ2n) is 2.26. The third-order valence-corrected chi connectivity index (χ3v) is 1.08. The molecule has 0 bridgehead atoms. The van der Waals surface area contributed by atoms with Crippen molar-refractivity contribution in [3.63, 3.8) is 0 Å². The van der Waals surface area contributed by atoms with E-state index in [0.29, 0.717) is 0 Å². The zero-order chi connectivity index (χ0) is 8.15. The normalized spacial score (nSPS) is 14.3. The number of rotatable bonds is 3. The van der Waals surface area contributed by atoms with Crippen LogP contribution in [0.25, 0.3) is 0 Å². The molecule has 5 heteroatoms. The Morgan fingerprint density at radius 3 is 2.20 bits per heavy atom. The molecule has 0 heterocycles. The molecular formula is C5H11N3O2. The highest BCUT2D eigenvalue weighted by molar-refractivity contribution is 5.73. The minimum Gasteiger partial charge on any atom is -0.480 e. The van der Waals surface area contributed by atoms with Crippen molar-refractivity contribution in [2.75, 3.05) is 0 Å². The second kappa shape index (κ2) is 3.81. The Morgan fingerprint density at radius 2 is 2.10 bits per heavy atom. The molecule has 3 N–H and O–H groups in total. The molecule has 1 atom stereocenters. The largest absolute Gasteiger partial charge is 0.480 e. The SMILES string of the molecule is CC(C)[C@H](N=NN)C(=O)O. The lowest BCUT2D eigenvalue weighted by molar-refractivity contribution is -0.139. The van der Waals surface area contributed by atoms with E-state index in [2.05, 4.69) is 10.3 Å². The van der Waals surface area contributed by atoms with Gasteiger partial charge in [0.2, 0.25) is 0 Å². The zero-order valence-corrected chi connectivity index (χ0v) is 5.98. The average molecular weight is 145 g/mol. The Bertz CT molecular complexity index is 144. The fourth-order valence-electron chi connectivity index (χ4n) is 0.540. The summed E-state index contributed by atoms with van der Waals surface area (Å²) in [5.41, 5.74) is 0. The Labute approximate surface area is 58.9 Å². The van der Waals surface area contributed by atoms with Gasteiger partial charge >= 0.3 is 5.97 Å². The number of aliphatic carboxylic acids is 1. The molecule has 0 spiro atoms. The number of nitrogens with two attached hydrogens (primary N) is 1. The number of carboxylic acid groups (broad SMARTS) is 1. The number of carboxylic acids is 1. The molecule has 10 heavy (non-hydrogen) atoms. The molecule has 0 radical (unpaired) electrons. The smallest absolute Gasteiger partial charge is 0.330 e. The maximum Gasteiger partial charge on any atom is 0.330 e. The number of hydrogen-bond donors (Lipinski definition) is 2. The topological polar surface area (TPSA) is 88.0 Å². The molecular weight excluding hydrogens is 134 g/mol. The van der Waals surface area contributed by atoms with Crippen LogP contribution in [-0.2, 0) is 4.79 Å². The Hall–Kier alpha value is -1.13. The summed E-state index contributed by atoms with van der Waals surface area (Å²) in [6.07, 6.45) is 0. The summed E-state index contributed by atoms with van der Waals surface area (Å²) in [4.78, 5) is 10.3. The standard InChI is InChI=1S/C5H11N3O2/c1-3(2)4(5(9)10)7-8-6/h3-4H,1-2H3,(H2,6,7)(H,9,10)/t4-/m0/s1. The van der Waals surface area contributed by atoms with Gasteiger partial charge in [-0.05, 0) is 5.92 Å².